The molecule has 0 amide bonds. The topological polar surface area (TPSA) is 40.5 Å². The van der Waals surface area contributed by atoms with Crippen molar-refractivity contribution >= 4 is 0 Å². The van der Waals surface area contributed by atoms with Crippen LogP contribution in [0.2, 0.25) is 0 Å². The molecule has 0 unspecified atom stereocenters. The fraction of sp³-hybridized carbons (Fsp3) is 0.333. The Morgan fingerprint density at radius 3 is 1.25 bits per heavy atom. The van der Waals surface area contributed by atoms with Crippen LogP contribution in [0.1, 0.15) is 37.8 Å². The minimum absolute atomic E-state index is 0.499. The van der Waals surface area contributed by atoms with Crippen LogP contribution in [0.15, 0.2) is 60.7 Å². The molecule has 0 aliphatic rings. The summed E-state index contributed by atoms with van der Waals surface area (Å²) in [7, 11) is 0. The first-order valence-electron chi connectivity index (χ1n) is 6.98. The zero-order valence-corrected chi connectivity index (χ0v) is 12.1. The van der Waals surface area contributed by atoms with Gasteiger partial charge in [-0.25, -0.2) is 0 Å². The largest absolute Gasteiger partial charge is 0.385 e. The van der Waals surface area contributed by atoms with E-state index in [9.17, 15) is 10.2 Å². The zero-order chi connectivity index (χ0) is 14.6. The minimum Gasteiger partial charge on any atom is -0.385 e. The Labute approximate surface area is 120 Å². The molecule has 0 spiro atoms. The van der Waals surface area contributed by atoms with Crippen molar-refractivity contribution in [2.24, 2.45) is 0 Å². The summed E-state index contributed by atoms with van der Waals surface area (Å²) >= 11 is 0. The first-order valence-corrected chi connectivity index (χ1v) is 6.98. The molecule has 0 saturated carbocycles. The van der Waals surface area contributed by atoms with E-state index in [2.05, 4.69) is 0 Å². The van der Waals surface area contributed by atoms with Crippen LogP contribution >= 0.6 is 0 Å². The van der Waals surface area contributed by atoms with Gasteiger partial charge in [0.1, 0.15) is 0 Å². The summed E-state index contributed by atoms with van der Waals surface area (Å²) in [4.78, 5) is 0. The van der Waals surface area contributed by atoms with Gasteiger partial charge in [-0.15, -0.1) is 0 Å². The van der Waals surface area contributed by atoms with Crippen LogP contribution in [-0.2, 0) is 11.2 Å². The molecule has 2 nitrogen and oxygen atoms in total. The van der Waals surface area contributed by atoms with E-state index in [1.807, 2.05) is 60.7 Å². The summed E-state index contributed by atoms with van der Waals surface area (Å²) in [5.74, 6) is 0. The van der Waals surface area contributed by atoms with Crippen LogP contribution in [0.25, 0.3) is 0 Å². The minimum atomic E-state index is -0.931. The average molecular weight is 270 g/mol. The summed E-state index contributed by atoms with van der Waals surface area (Å²) in [6.45, 7) is 3.59. The number of hydrogen-bond donors (Lipinski definition) is 2. The van der Waals surface area contributed by atoms with Gasteiger partial charge < -0.3 is 10.2 Å². The van der Waals surface area contributed by atoms with Crippen molar-refractivity contribution in [3.05, 3.63) is 71.8 Å². The average Bonchev–Trinajstić information content (AvgIpc) is 2.47. The lowest BCUT2D eigenvalue weighted by atomic mass is 9.84. The molecule has 20 heavy (non-hydrogen) atoms. The lowest BCUT2D eigenvalue weighted by molar-refractivity contribution is -0.00774. The molecule has 0 bridgehead atoms. The van der Waals surface area contributed by atoms with Gasteiger partial charge in [0.2, 0.25) is 0 Å². The highest BCUT2D eigenvalue weighted by molar-refractivity contribution is 5.23. The Bertz CT molecular complexity index is 478. The summed E-state index contributed by atoms with van der Waals surface area (Å²) in [5, 5.41) is 21.2. The normalized spacial score (nSPS) is 17.2. The predicted molar refractivity (Wildman–Crippen MR) is 81.3 cm³/mol. The van der Waals surface area contributed by atoms with Crippen LogP contribution in [0.4, 0.5) is 0 Å². The maximum Gasteiger partial charge on any atom is 0.0869 e. The van der Waals surface area contributed by atoms with Crippen LogP contribution in [-0.4, -0.2) is 10.2 Å². The van der Waals surface area contributed by atoms with Crippen molar-refractivity contribution in [3.8, 4) is 0 Å². The molecule has 2 aromatic carbocycles. The standard InChI is InChI=1S/C18H22O2/c1-17(19,15-9-5-3-6-10-15)13-14-18(2,20)16-11-7-4-8-12-16/h3-12,19-20H,13-14H2,1-2H3/t17-,18-/m0/s1. The first kappa shape index (κ1) is 14.8. The van der Waals surface area contributed by atoms with Gasteiger partial charge in [-0.2, -0.15) is 0 Å². The van der Waals surface area contributed by atoms with E-state index in [1.165, 1.54) is 0 Å². The van der Waals surface area contributed by atoms with Gasteiger partial charge in [0.25, 0.3) is 0 Å². The highest BCUT2D eigenvalue weighted by Crippen LogP contribution is 2.33. The summed E-state index contributed by atoms with van der Waals surface area (Å²) in [6, 6.07) is 19.2. The van der Waals surface area contributed by atoms with E-state index >= 15 is 0 Å². The fourth-order valence-electron chi connectivity index (χ4n) is 2.37. The molecule has 0 aromatic heterocycles. The van der Waals surface area contributed by atoms with E-state index in [4.69, 9.17) is 0 Å². The first-order chi connectivity index (χ1) is 9.42. The number of rotatable bonds is 5. The summed E-state index contributed by atoms with van der Waals surface area (Å²) < 4.78 is 0. The van der Waals surface area contributed by atoms with E-state index < -0.39 is 11.2 Å². The predicted octanol–water partition coefficient (Wildman–Crippen LogP) is 3.58. The third kappa shape index (κ3) is 3.47. The second kappa shape index (κ2) is 5.78. The lowest BCUT2D eigenvalue weighted by Gasteiger charge is -2.30. The van der Waals surface area contributed by atoms with Crippen molar-refractivity contribution in [3.63, 3.8) is 0 Å². The molecule has 2 atom stereocenters. The fourth-order valence-corrected chi connectivity index (χ4v) is 2.37. The Morgan fingerprint density at radius 2 is 0.950 bits per heavy atom. The molecular formula is C18H22O2. The molecule has 2 heteroatoms. The van der Waals surface area contributed by atoms with Crippen LogP contribution < -0.4 is 0 Å². The van der Waals surface area contributed by atoms with Gasteiger partial charge in [0.15, 0.2) is 0 Å². The van der Waals surface area contributed by atoms with Gasteiger partial charge in [0, 0.05) is 0 Å². The van der Waals surface area contributed by atoms with E-state index in [1.54, 1.807) is 13.8 Å². The molecule has 2 rings (SSSR count). The molecule has 0 heterocycles. The Morgan fingerprint density at radius 1 is 0.650 bits per heavy atom. The smallest absolute Gasteiger partial charge is 0.0869 e. The summed E-state index contributed by atoms with van der Waals surface area (Å²) in [5.41, 5.74) is -0.104. The second-order valence-electron chi connectivity index (χ2n) is 5.78. The van der Waals surface area contributed by atoms with Gasteiger partial charge >= 0.3 is 0 Å². The Balaban J connectivity index is 2.08. The summed E-state index contributed by atoms with van der Waals surface area (Å²) in [6.07, 6.45) is 0.998. The second-order valence-corrected chi connectivity index (χ2v) is 5.78. The van der Waals surface area contributed by atoms with Crippen LogP contribution in [0.3, 0.4) is 0 Å². The monoisotopic (exact) mass is 270 g/mol. The molecule has 2 aromatic rings. The third-order valence-corrected chi connectivity index (χ3v) is 3.89. The maximum atomic E-state index is 10.6. The number of hydrogen-bond acceptors (Lipinski definition) is 2. The van der Waals surface area contributed by atoms with E-state index in [-0.39, 0.29) is 0 Å². The molecule has 2 N–H and O–H groups in total. The molecular weight excluding hydrogens is 248 g/mol. The van der Waals surface area contributed by atoms with Crippen molar-refractivity contribution in [2.45, 2.75) is 37.9 Å². The highest BCUT2D eigenvalue weighted by atomic mass is 16.3. The Hall–Kier alpha value is -1.64. The molecule has 0 saturated heterocycles. The van der Waals surface area contributed by atoms with Crippen molar-refractivity contribution in [1.82, 2.24) is 0 Å². The van der Waals surface area contributed by atoms with Gasteiger partial charge in [-0.05, 0) is 37.8 Å². The zero-order valence-electron chi connectivity index (χ0n) is 12.1. The van der Waals surface area contributed by atoms with Crippen molar-refractivity contribution < 1.29 is 10.2 Å². The maximum absolute atomic E-state index is 10.6. The molecule has 0 fully saturated rings. The van der Waals surface area contributed by atoms with E-state index in [0.29, 0.717) is 12.8 Å². The number of aliphatic hydroxyl groups is 2. The highest BCUT2D eigenvalue weighted by Gasteiger charge is 2.29. The van der Waals surface area contributed by atoms with Gasteiger partial charge in [0.05, 0.1) is 11.2 Å². The molecule has 0 aliphatic heterocycles. The molecule has 106 valence electrons. The van der Waals surface area contributed by atoms with E-state index in [0.717, 1.165) is 11.1 Å². The lowest BCUT2D eigenvalue weighted by Crippen LogP contribution is -2.28. The van der Waals surface area contributed by atoms with Crippen LogP contribution in [0, 0.1) is 0 Å². The molecule has 0 aliphatic carbocycles. The Kier molecular flexibility index (Phi) is 4.26. The number of benzene rings is 2. The van der Waals surface area contributed by atoms with Crippen LogP contribution in [0.5, 0.6) is 0 Å². The molecule has 0 radical (unpaired) electrons. The quantitative estimate of drug-likeness (QED) is 0.871. The van der Waals surface area contributed by atoms with Gasteiger partial charge in [-0.3, -0.25) is 0 Å². The van der Waals surface area contributed by atoms with Crippen molar-refractivity contribution in [1.29, 1.82) is 0 Å². The van der Waals surface area contributed by atoms with Crippen molar-refractivity contribution in [2.75, 3.05) is 0 Å². The SMILES string of the molecule is C[C@](O)(CC[C@](C)(O)c1ccccc1)c1ccccc1. The third-order valence-electron chi connectivity index (χ3n) is 3.89. The van der Waals surface area contributed by atoms with Gasteiger partial charge in [-0.1, -0.05) is 60.7 Å².